The summed E-state index contributed by atoms with van der Waals surface area (Å²) < 4.78 is 0. The van der Waals surface area contributed by atoms with Crippen LogP contribution in [0, 0.1) is 0 Å². The Bertz CT molecular complexity index is 1640. The molecule has 0 spiro atoms. The third-order valence-electron chi connectivity index (χ3n) is 16.1. The third kappa shape index (κ3) is 117. The number of hydrogen-bond acceptors (Lipinski definition) is 39. The van der Waals surface area contributed by atoms with Gasteiger partial charge in [0.15, 0.2) is 0 Å². The maximum absolute atomic E-state index is 12.0. The Labute approximate surface area is 698 Å². The van der Waals surface area contributed by atoms with Crippen LogP contribution in [0.3, 0.4) is 0 Å². The average Bonchev–Trinajstić information content (AvgIpc) is 0.940. The minimum atomic E-state index is -0.108. The van der Waals surface area contributed by atoms with Crippen LogP contribution in [0.25, 0.3) is 0 Å². The second-order valence-electron chi connectivity index (χ2n) is 26.2. The molecule has 51 N–H and O–H groups in total. The number of rotatable bonds is 76. The van der Waals surface area contributed by atoms with E-state index < -0.39 is 0 Å². The van der Waals surface area contributed by atoms with E-state index in [2.05, 4.69) is 88.3 Å². The smallest absolute Gasteiger partial charge is 0.221 e. The molecule has 0 aromatic rings. The molecular weight excluding hydrogens is 1480 g/mol. The fourth-order valence-corrected chi connectivity index (χ4v) is 9.76. The number of carbonyl (C=O) groups is 4. The van der Waals surface area contributed by atoms with Crippen molar-refractivity contribution in [1.82, 2.24) is 98.1 Å². The van der Waals surface area contributed by atoms with Gasteiger partial charge in [0.25, 0.3) is 0 Å². The maximum Gasteiger partial charge on any atom is 0.221 e. The fourth-order valence-electron chi connectivity index (χ4n) is 9.76. The van der Waals surface area contributed by atoms with Crippen LogP contribution in [0.15, 0.2) is 0 Å². The Balaban J connectivity index is -0.000000221. The van der Waals surface area contributed by atoms with E-state index in [1.807, 2.05) is 30.9 Å². The highest BCUT2D eigenvalue weighted by molar-refractivity contribution is 5.77. The summed E-state index contributed by atoms with van der Waals surface area (Å²) in [5.74, 6) is -0.433. The number of amides is 4. The van der Waals surface area contributed by atoms with Gasteiger partial charge in [-0.3, -0.25) is 49.0 Å². The molecule has 698 valence electrons. The molecule has 0 rings (SSSR count). The van der Waals surface area contributed by atoms with Crippen molar-refractivity contribution in [3.8, 4) is 0 Å². The topological polar surface area (TPSA) is 750 Å². The number of nitrogens with one attached hydrogen (secondary N) is 12. The Kier molecular flexibility index (Phi) is 129. The third-order valence-corrected chi connectivity index (χ3v) is 16.1. The van der Waals surface area contributed by atoms with Crippen LogP contribution >= 0.6 is 0 Å². The normalized spacial score (nSPS) is 10.8. The van der Waals surface area contributed by atoms with Gasteiger partial charge in [0.2, 0.25) is 23.6 Å². The largest absolute Gasteiger partial charge is 0.381 e. The number of carbonyl (C=O) groups excluding carboxylic acids is 4. The standard InChI is InChI=1S/C24H63N13.C22H48N10O4.C6H18N4.2C5H14N2.C4H13N3.C3H10N2O.C3H10N2/c25-1-7-31-9-18-36(19-12-33-11-17-34(13-3-27)14-4-28)22-24-37(20-10-32-8-2-26)23-21-35(15-5-29)16-6-30;23-5-9-27-19(33)1-13-31(14-2-20(34)28-10-6-24)17-18-32(15-3-21(35)29-11-7-25)16-4-22(36)30-12-8-26;7-1-4-10(5-2-8)6-3-9;1-6-4-3-5-7-2;1-7-5-3-2-4-6;5-1-3-7-4-2-6;4-1-2-5-3-6;4-2-1-3-5/h31-33H,1-30H2;1-18,23-26H2,(H,27,33)(H,28,34)(H,29,35)(H,30,36);1-9H2;6-7H,3-5H2,1-2H3;7H,2-6H2,1H3;7H,1-6H2;5-6H,1-4H2;1-5H2. The van der Waals surface area contributed by atoms with E-state index in [0.717, 1.165) is 203 Å². The first kappa shape index (κ1) is 127. The van der Waals surface area contributed by atoms with E-state index in [1.165, 1.54) is 12.8 Å². The van der Waals surface area contributed by atoms with Gasteiger partial charge in [-0.25, -0.2) is 0 Å². The highest BCUT2D eigenvalue weighted by Gasteiger charge is 2.17. The van der Waals surface area contributed by atoms with Crippen molar-refractivity contribution in [2.45, 2.75) is 51.4 Å². The molecule has 115 heavy (non-hydrogen) atoms. The molecule has 0 fully saturated rings. The second-order valence-corrected chi connectivity index (χ2v) is 26.2. The van der Waals surface area contributed by atoms with Crippen molar-refractivity contribution in [3.05, 3.63) is 0 Å². The Morgan fingerprint density at radius 1 is 0.200 bits per heavy atom. The number of unbranched alkanes of at least 4 members (excludes halogenated alkanes) is 1. The summed E-state index contributed by atoms with van der Waals surface area (Å²) in [6.45, 7) is 41.8. The molecule has 0 saturated heterocycles. The second kappa shape index (κ2) is 117. The molecule has 0 aliphatic heterocycles. The first-order valence-corrected chi connectivity index (χ1v) is 42.5. The van der Waals surface area contributed by atoms with E-state index in [-0.39, 0.29) is 56.0 Å². The number of hydrogen-bond donors (Lipinski definition) is 32. The van der Waals surface area contributed by atoms with Crippen LogP contribution < -0.4 is 173 Å². The Morgan fingerprint density at radius 2 is 0.400 bits per heavy atom. The highest BCUT2D eigenvalue weighted by Crippen LogP contribution is 2.02. The molecule has 43 heteroatoms. The van der Waals surface area contributed by atoms with Gasteiger partial charge in [0, 0.05) is 353 Å². The van der Waals surface area contributed by atoms with Gasteiger partial charge in [-0.1, -0.05) is 0 Å². The van der Waals surface area contributed by atoms with Crippen molar-refractivity contribution in [2.24, 2.45) is 109 Å². The molecule has 4 amide bonds. The summed E-state index contributed by atoms with van der Waals surface area (Å²) in [5, 5.41) is 44.3. The van der Waals surface area contributed by atoms with E-state index in [0.29, 0.717) is 177 Å². The summed E-state index contributed by atoms with van der Waals surface area (Å²) in [6, 6.07) is 0. The van der Waals surface area contributed by atoms with Gasteiger partial charge < -0.3 is 182 Å². The first-order chi connectivity index (χ1) is 55.9. The van der Waals surface area contributed by atoms with Crippen LogP contribution in [0.5, 0.6) is 0 Å². The number of nitrogens with zero attached hydrogens (tertiary/aromatic N) is 7. The fraction of sp³-hybridized carbons (Fsp3) is 0.944. The first-order valence-electron chi connectivity index (χ1n) is 42.5. The van der Waals surface area contributed by atoms with Crippen molar-refractivity contribution in [2.75, 3.05) is 394 Å². The summed E-state index contributed by atoms with van der Waals surface area (Å²) >= 11 is 0. The molecule has 0 aliphatic rings. The molecule has 0 unspecified atom stereocenters. The lowest BCUT2D eigenvalue weighted by atomic mass is 10.2. The molecule has 0 saturated carbocycles. The van der Waals surface area contributed by atoms with Gasteiger partial charge in [-0.05, 0) is 86.1 Å². The van der Waals surface area contributed by atoms with Crippen molar-refractivity contribution in [1.29, 1.82) is 0 Å². The molecule has 0 bridgehead atoms. The lowest BCUT2D eigenvalue weighted by Gasteiger charge is -2.30. The monoisotopic (exact) mass is 1670 g/mol. The number of aliphatic hydroxyl groups excluding tert-OH is 1. The van der Waals surface area contributed by atoms with Crippen LogP contribution in [0.1, 0.15) is 51.4 Å². The molecule has 0 aromatic carbocycles. The predicted octanol–water partition coefficient (Wildman–Crippen LogP) is -15.6. The molecule has 43 nitrogen and oxygen atoms in total. The summed E-state index contributed by atoms with van der Waals surface area (Å²) in [7, 11) is 5.89. The molecule has 0 aromatic heterocycles. The minimum absolute atomic E-state index is 0.0250. The maximum atomic E-state index is 12.0. The Hall–Kier alpha value is -3.52. The van der Waals surface area contributed by atoms with Crippen LogP contribution in [-0.2, 0) is 19.2 Å². The van der Waals surface area contributed by atoms with Crippen LogP contribution in [-0.4, -0.2) is 457 Å². The zero-order valence-corrected chi connectivity index (χ0v) is 73.1. The van der Waals surface area contributed by atoms with Gasteiger partial charge in [0.05, 0.1) is 6.73 Å². The van der Waals surface area contributed by atoms with Crippen molar-refractivity contribution < 1.29 is 24.3 Å². The van der Waals surface area contributed by atoms with E-state index in [1.54, 1.807) is 0 Å². The quantitative estimate of drug-likeness (QED) is 0.0199. The van der Waals surface area contributed by atoms with Gasteiger partial charge in [0.1, 0.15) is 0 Å². The lowest BCUT2D eigenvalue weighted by molar-refractivity contribution is -0.123. The summed E-state index contributed by atoms with van der Waals surface area (Å²) in [4.78, 5) is 64.2. The number of nitrogens with two attached hydrogens (primary N) is 19. The average molecular weight is 1670 g/mol. The van der Waals surface area contributed by atoms with E-state index in [9.17, 15) is 19.2 Å². The molecule has 0 heterocycles. The lowest BCUT2D eigenvalue weighted by Crippen LogP contribution is -2.46. The molecule has 0 aliphatic carbocycles. The van der Waals surface area contributed by atoms with Crippen molar-refractivity contribution >= 4 is 23.6 Å². The number of aliphatic hydroxyl groups is 1. The van der Waals surface area contributed by atoms with E-state index in [4.69, 9.17) is 114 Å². The van der Waals surface area contributed by atoms with Crippen molar-refractivity contribution in [3.63, 3.8) is 0 Å². The van der Waals surface area contributed by atoms with Gasteiger partial charge in [-0.2, -0.15) is 0 Å². The summed E-state index contributed by atoms with van der Waals surface area (Å²) in [5.41, 5.74) is 103. The van der Waals surface area contributed by atoms with Crippen LogP contribution in [0.4, 0.5) is 0 Å². The summed E-state index contributed by atoms with van der Waals surface area (Å²) in [6.07, 6.45) is 5.59. The zero-order valence-electron chi connectivity index (χ0n) is 73.1. The predicted molar refractivity (Wildman–Crippen MR) is 484 cm³/mol. The molecular formula is C72H190N38O5. The van der Waals surface area contributed by atoms with Crippen LogP contribution in [0.2, 0.25) is 0 Å². The Morgan fingerprint density at radius 3 is 0.617 bits per heavy atom. The molecule has 0 atom stereocenters. The van der Waals surface area contributed by atoms with Gasteiger partial charge in [-0.15, -0.1) is 0 Å². The van der Waals surface area contributed by atoms with Gasteiger partial charge >= 0.3 is 0 Å². The van der Waals surface area contributed by atoms with E-state index >= 15 is 0 Å². The zero-order chi connectivity index (χ0) is 87.8. The minimum Gasteiger partial charge on any atom is -0.381 e. The molecule has 0 radical (unpaired) electrons. The SMILES string of the molecule is CNCCCCN.CNCCCNC.NCCCN.NCCN(CCN)CCN.NCCNC(=O)CCN(CCC(=O)NCCN)CCN(CCC(=O)NCCN)CCC(=O)NCCN.NCCNCCN.NCCNCCN(CCNCCN(CCN)CCN)CCN(CCNCCN)CCN(CCN)CCN.NCCNCO. The highest BCUT2D eigenvalue weighted by atomic mass is 16.3.